The maximum absolute atomic E-state index is 12.3. The van der Waals surface area contributed by atoms with Crippen molar-refractivity contribution in [2.24, 2.45) is 0 Å². The largest absolute Gasteiger partial charge is 0.484 e. The molecule has 0 bridgehead atoms. The monoisotopic (exact) mass is 366 g/mol. The molecule has 3 aromatic rings. The summed E-state index contributed by atoms with van der Waals surface area (Å²) in [6.07, 6.45) is 0. The van der Waals surface area contributed by atoms with Gasteiger partial charge in [0.25, 0.3) is 11.8 Å². The second-order valence-electron chi connectivity index (χ2n) is 6.21. The maximum Gasteiger partial charge on any atom is 0.276 e. The summed E-state index contributed by atoms with van der Waals surface area (Å²) in [6.45, 7) is 6.56. The van der Waals surface area contributed by atoms with Crippen LogP contribution in [0.25, 0.3) is 11.0 Å². The number of hydrazine groups is 1. The van der Waals surface area contributed by atoms with E-state index in [4.69, 9.17) is 4.74 Å². The van der Waals surface area contributed by atoms with Gasteiger partial charge in [0.15, 0.2) is 6.61 Å². The topological polar surface area (TPSA) is 85.3 Å². The second-order valence-corrected chi connectivity index (χ2v) is 6.21. The van der Waals surface area contributed by atoms with E-state index in [-0.39, 0.29) is 6.61 Å². The standard InChI is InChI=1S/C20H22N4O3/c1-4-24-14(3)21-17-11-15(7-10-18(17)24)20(26)23-22-19(25)12-27-16-8-5-13(2)6-9-16/h5-11H,4,12H2,1-3H3,(H,22,25)(H,23,26). The van der Waals surface area contributed by atoms with Crippen LogP contribution in [0.5, 0.6) is 5.75 Å². The fourth-order valence-corrected chi connectivity index (χ4v) is 2.81. The van der Waals surface area contributed by atoms with Gasteiger partial charge in [-0.3, -0.25) is 20.4 Å². The van der Waals surface area contributed by atoms with E-state index in [0.717, 1.165) is 29.0 Å². The first-order valence-corrected chi connectivity index (χ1v) is 8.73. The molecule has 2 N–H and O–H groups in total. The molecule has 1 heterocycles. The van der Waals surface area contributed by atoms with Gasteiger partial charge in [-0.1, -0.05) is 17.7 Å². The summed E-state index contributed by atoms with van der Waals surface area (Å²) < 4.78 is 7.44. The number of nitrogens with one attached hydrogen (secondary N) is 2. The molecule has 0 aliphatic rings. The van der Waals surface area contributed by atoms with Crippen molar-refractivity contribution in [1.82, 2.24) is 20.4 Å². The fourth-order valence-electron chi connectivity index (χ4n) is 2.81. The molecule has 27 heavy (non-hydrogen) atoms. The lowest BCUT2D eigenvalue weighted by atomic mass is 10.2. The molecule has 140 valence electrons. The second kappa shape index (κ2) is 7.90. The molecular weight excluding hydrogens is 344 g/mol. The van der Waals surface area contributed by atoms with E-state index in [1.54, 1.807) is 24.3 Å². The molecule has 0 aliphatic carbocycles. The Morgan fingerprint density at radius 1 is 1.07 bits per heavy atom. The average Bonchev–Trinajstić information content (AvgIpc) is 2.99. The Kier molecular flexibility index (Phi) is 5.40. The van der Waals surface area contributed by atoms with Crippen molar-refractivity contribution < 1.29 is 14.3 Å². The van der Waals surface area contributed by atoms with Crippen LogP contribution in [-0.2, 0) is 11.3 Å². The minimum Gasteiger partial charge on any atom is -0.484 e. The third-order valence-electron chi connectivity index (χ3n) is 4.22. The van der Waals surface area contributed by atoms with Gasteiger partial charge in [0.05, 0.1) is 11.0 Å². The lowest BCUT2D eigenvalue weighted by Crippen LogP contribution is -2.43. The number of aromatic nitrogens is 2. The van der Waals surface area contributed by atoms with Gasteiger partial charge in [-0.2, -0.15) is 0 Å². The third-order valence-corrected chi connectivity index (χ3v) is 4.22. The number of carbonyl (C=O) groups is 2. The van der Waals surface area contributed by atoms with Gasteiger partial charge in [0.1, 0.15) is 11.6 Å². The normalized spacial score (nSPS) is 10.6. The Morgan fingerprint density at radius 2 is 1.81 bits per heavy atom. The van der Waals surface area contributed by atoms with Crippen molar-refractivity contribution in [2.45, 2.75) is 27.3 Å². The number of carbonyl (C=O) groups excluding carboxylic acids is 2. The lowest BCUT2D eigenvalue weighted by molar-refractivity contribution is -0.123. The highest BCUT2D eigenvalue weighted by Crippen LogP contribution is 2.17. The first-order valence-electron chi connectivity index (χ1n) is 8.73. The summed E-state index contributed by atoms with van der Waals surface area (Å²) >= 11 is 0. The Hall–Kier alpha value is -3.35. The van der Waals surface area contributed by atoms with Gasteiger partial charge in [-0.25, -0.2) is 4.98 Å². The van der Waals surface area contributed by atoms with Gasteiger partial charge >= 0.3 is 0 Å². The number of rotatable bonds is 5. The van der Waals surface area contributed by atoms with Crippen molar-refractivity contribution in [3.05, 3.63) is 59.4 Å². The van der Waals surface area contributed by atoms with Crippen molar-refractivity contribution in [2.75, 3.05) is 6.61 Å². The van der Waals surface area contributed by atoms with Crippen molar-refractivity contribution >= 4 is 22.8 Å². The maximum atomic E-state index is 12.3. The minimum absolute atomic E-state index is 0.192. The molecule has 7 nitrogen and oxygen atoms in total. The predicted octanol–water partition coefficient (Wildman–Crippen LogP) is 2.51. The zero-order valence-electron chi connectivity index (χ0n) is 15.6. The quantitative estimate of drug-likeness (QED) is 0.680. The van der Waals surface area contributed by atoms with Gasteiger partial charge in [-0.05, 0) is 51.1 Å². The van der Waals surface area contributed by atoms with E-state index in [1.165, 1.54) is 0 Å². The molecule has 0 saturated carbocycles. The molecule has 0 radical (unpaired) electrons. The van der Waals surface area contributed by atoms with Crippen LogP contribution >= 0.6 is 0 Å². The summed E-state index contributed by atoms with van der Waals surface area (Å²) in [5.74, 6) is 0.626. The summed E-state index contributed by atoms with van der Waals surface area (Å²) in [6, 6.07) is 12.6. The number of nitrogens with zero attached hydrogens (tertiary/aromatic N) is 2. The van der Waals surface area contributed by atoms with E-state index >= 15 is 0 Å². The van der Waals surface area contributed by atoms with Gasteiger partial charge in [0, 0.05) is 12.1 Å². The zero-order valence-corrected chi connectivity index (χ0v) is 15.6. The number of aryl methyl sites for hydroxylation is 3. The van der Waals surface area contributed by atoms with Gasteiger partial charge < -0.3 is 9.30 Å². The number of hydrogen-bond acceptors (Lipinski definition) is 4. The van der Waals surface area contributed by atoms with E-state index in [2.05, 4.69) is 20.4 Å². The highest BCUT2D eigenvalue weighted by molar-refractivity contribution is 5.98. The van der Waals surface area contributed by atoms with Crippen molar-refractivity contribution in [3.63, 3.8) is 0 Å². The molecule has 0 atom stereocenters. The number of imidazole rings is 1. The van der Waals surface area contributed by atoms with Crippen LogP contribution in [0.4, 0.5) is 0 Å². The molecule has 0 unspecified atom stereocenters. The molecule has 3 rings (SSSR count). The van der Waals surface area contributed by atoms with Crippen molar-refractivity contribution in [3.8, 4) is 5.75 Å². The Bertz CT molecular complexity index is 977. The number of benzene rings is 2. The zero-order chi connectivity index (χ0) is 19.4. The molecule has 2 aromatic carbocycles. The molecule has 0 fully saturated rings. The summed E-state index contributed by atoms with van der Waals surface area (Å²) in [4.78, 5) is 28.6. The van der Waals surface area contributed by atoms with Crippen LogP contribution in [0.15, 0.2) is 42.5 Å². The minimum atomic E-state index is -0.448. The molecule has 7 heteroatoms. The van der Waals surface area contributed by atoms with Crippen LogP contribution in [0.2, 0.25) is 0 Å². The number of fused-ring (bicyclic) bond motifs is 1. The summed E-state index contributed by atoms with van der Waals surface area (Å²) in [5, 5.41) is 0. The molecule has 0 saturated heterocycles. The van der Waals surface area contributed by atoms with E-state index < -0.39 is 11.8 Å². The first kappa shape index (κ1) is 18.4. The molecule has 1 aromatic heterocycles. The highest BCUT2D eigenvalue weighted by Gasteiger charge is 2.12. The smallest absolute Gasteiger partial charge is 0.276 e. The molecule has 0 aliphatic heterocycles. The summed E-state index contributed by atoms with van der Waals surface area (Å²) in [7, 11) is 0. The highest BCUT2D eigenvalue weighted by atomic mass is 16.5. The molecular formula is C20H22N4O3. The SMILES string of the molecule is CCn1c(C)nc2cc(C(=O)NNC(=O)COc3ccc(C)cc3)ccc21. The van der Waals surface area contributed by atoms with E-state index in [1.807, 2.05) is 39.0 Å². The predicted molar refractivity (Wildman–Crippen MR) is 102 cm³/mol. The van der Waals surface area contributed by atoms with E-state index in [0.29, 0.717) is 11.3 Å². The first-order chi connectivity index (χ1) is 13.0. The number of amides is 2. The van der Waals surface area contributed by atoms with Crippen molar-refractivity contribution in [1.29, 1.82) is 0 Å². The third kappa shape index (κ3) is 4.25. The number of hydrogen-bond donors (Lipinski definition) is 2. The van der Waals surface area contributed by atoms with Crippen LogP contribution in [0.1, 0.15) is 28.7 Å². The fraction of sp³-hybridized carbons (Fsp3) is 0.250. The Labute approximate surface area is 157 Å². The Balaban J connectivity index is 1.56. The van der Waals surface area contributed by atoms with E-state index in [9.17, 15) is 9.59 Å². The van der Waals surface area contributed by atoms with Crippen LogP contribution < -0.4 is 15.6 Å². The van der Waals surface area contributed by atoms with Gasteiger partial charge in [-0.15, -0.1) is 0 Å². The molecule has 2 amide bonds. The lowest BCUT2D eigenvalue weighted by Gasteiger charge is -2.09. The van der Waals surface area contributed by atoms with Gasteiger partial charge in [0.2, 0.25) is 0 Å². The average molecular weight is 366 g/mol. The van der Waals surface area contributed by atoms with Crippen LogP contribution in [-0.4, -0.2) is 28.0 Å². The van der Waals surface area contributed by atoms with Crippen LogP contribution in [0.3, 0.4) is 0 Å². The van der Waals surface area contributed by atoms with Crippen LogP contribution in [0, 0.1) is 13.8 Å². The Morgan fingerprint density at radius 3 is 2.52 bits per heavy atom. The number of ether oxygens (including phenoxy) is 1. The molecule has 0 spiro atoms. The summed E-state index contributed by atoms with van der Waals surface area (Å²) in [5.41, 5.74) is 7.99.